The maximum Gasteiger partial charge on any atom is 0.523 e. The molecule has 0 bridgehead atoms. The Morgan fingerprint density at radius 3 is 1.33 bits per heavy atom. The zero-order valence-corrected chi connectivity index (χ0v) is 19.6. The topological polar surface area (TPSA) is 97.7 Å². The van der Waals surface area contributed by atoms with Gasteiger partial charge in [-0.25, -0.2) is 0 Å². The summed E-state index contributed by atoms with van der Waals surface area (Å²) >= 11 is 0. The largest absolute Gasteiger partial charge is 0.523 e. The van der Waals surface area contributed by atoms with Gasteiger partial charge in [-0.15, -0.1) is 0 Å². The molecular weight excluding hydrogens is 486 g/mol. The second-order valence-corrected chi connectivity index (χ2v) is 10.4. The molecule has 6 nitrogen and oxygen atoms in total. The summed E-state index contributed by atoms with van der Waals surface area (Å²) in [4.78, 5) is 0. The van der Waals surface area contributed by atoms with Gasteiger partial charge < -0.3 is 0 Å². The highest BCUT2D eigenvalue weighted by Gasteiger charge is 2.47. The van der Waals surface area contributed by atoms with Gasteiger partial charge in [0.2, 0.25) is 0 Å². The molecule has 0 unspecified atom stereocenters. The summed E-state index contributed by atoms with van der Waals surface area (Å²) in [5.41, 5.74) is -10.5. The number of hydrogen-bond acceptors (Lipinski definition) is 5. The van der Waals surface area contributed by atoms with Crippen molar-refractivity contribution in [3.05, 3.63) is 0 Å². The molecule has 0 rings (SSSR count). The Hall–Kier alpha value is -0.250. The molecule has 0 aliphatic heterocycles. The number of halogens is 6. The Balaban J connectivity index is -0.000000686. The molecule has 186 valence electrons. The first-order valence-electron chi connectivity index (χ1n) is 8.70. The van der Waals surface area contributed by atoms with Gasteiger partial charge in [-0.2, -0.15) is 56.7 Å². The van der Waals surface area contributed by atoms with Crippen LogP contribution in [0.5, 0.6) is 0 Å². The molecule has 15 heteroatoms. The normalized spacial score (nSPS) is 13.3. The highest BCUT2D eigenvalue weighted by atomic mass is 32.2. The zero-order chi connectivity index (χ0) is 23.6. The van der Waals surface area contributed by atoms with E-state index < -0.39 is 37.9 Å². The van der Waals surface area contributed by atoms with Gasteiger partial charge in [0.1, 0.15) is 0 Å². The van der Waals surface area contributed by atoms with Crippen molar-refractivity contribution in [3.63, 3.8) is 0 Å². The van der Waals surface area contributed by atoms with Gasteiger partial charge >= 0.3 is 31.3 Å². The van der Waals surface area contributed by atoms with Crippen LogP contribution in [0, 0.1) is 5.41 Å². The van der Waals surface area contributed by atoms with Crippen LogP contribution >= 0.6 is 13.5 Å². The van der Waals surface area contributed by atoms with Crippen molar-refractivity contribution in [2.24, 2.45) is 5.41 Å². The molecule has 0 aliphatic rings. The number of rotatable bonds is 10. The highest BCUT2D eigenvalue weighted by molar-refractivity contribution is 7.87. The minimum absolute atomic E-state index is 0. The quantitative estimate of drug-likeness (QED) is 0.135. The van der Waals surface area contributed by atoms with Crippen LogP contribution in [0.1, 0.15) is 72.1 Å². The average Bonchev–Trinajstić information content (AvgIpc) is 2.45. The van der Waals surface area contributed by atoms with E-state index in [1.807, 2.05) is 0 Å². The molecule has 0 aromatic rings. The fourth-order valence-electron chi connectivity index (χ4n) is 1.88. The fraction of sp³-hybridized carbons (Fsp3) is 1.00. The van der Waals surface area contributed by atoms with E-state index >= 15 is 0 Å². The third-order valence-electron chi connectivity index (χ3n) is 3.39. The van der Waals surface area contributed by atoms with Crippen molar-refractivity contribution in [1.29, 1.82) is 0 Å². The molecule has 0 heterocycles. The third-order valence-corrected chi connectivity index (χ3v) is 5.01. The van der Waals surface area contributed by atoms with E-state index in [9.17, 15) is 34.8 Å². The van der Waals surface area contributed by atoms with Crippen molar-refractivity contribution >= 4 is 33.7 Å². The van der Waals surface area contributed by atoms with Crippen LogP contribution in [0.25, 0.3) is 0 Å². The van der Waals surface area contributed by atoms with Crippen molar-refractivity contribution in [2.75, 3.05) is 6.61 Å². The Kier molecular flexibility index (Phi) is 16.1. The van der Waals surface area contributed by atoms with Crippen molar-refractivity contribution in [3.8, 4) is 0 Å². The van der Waals surface area contributed by atoms with Gasteiger partial charge in [0.25, 0.3) is 0 Å². The average molecular weight is 517 g/mol. The molecule has 0 spiro atoms. The predicted molar refractivity (Wildman–Crippen MR) is 105 cm³/mol. The molecule has 0 saturated carbocycles. The summed E-state index contributed by atoms with van der Waals surface area (Å²) in [6, 6.07) is 0. The van der Waals surface area contributed by atoms with Gasteiger partial charge in [0, 0.05) is 0 Å². The maximum absolute atomic E-state index is 12.0. The van der Waals surface area contributed by atoms with E-state index in [1.54, 1.807) is 0 Å². The summed E-state index contributed by atoms with van der Waals surface area (Å²) in [6.07, 6.45) is 7.59. The molecule has 1 N–H and O–H groups in total. The Bertz CT molecular complexity index is 652. The molecule has 0 fully saturated rings. The third kappa shape index (κ3) is 18.5. The van der Waals surface area contributed by atoms with Gasteiger partial charge in [-0.3, -0.25) is 8.74 Å². The van der Waals surface area contributed by atoms with E-state index in [1.165, 1.54) is 12.8 Å². The van der Waals surface area contributed by atoms with E-state index in [0.717, 1.165) is 25.7 Å². The second-order valence-electron chi connectivity index (χ2n) is 7.43. The van der Waals surface area contributed by atoms with Crippen LogP contribution in [-0.4, -0.2) is 39.0 Å². The SMILES string of the molecule is CC(C)(C)CCCCCCCCCOS(=O)(=O)C(F)(F)F.O=S(=O)(O)C(F)(F)F.S. The smallest absolute Gasteiger partial charge is 0.279 e. The molecule has 0 amide bonds. The van der Waals surface area contributed by atoms with Crippen LogP contribution < -0.4 is 0 Å². The Morgan fingerprint density at radius 1 is 0.700 bits per heavy atom. The number of alkyl halides is 6. The predicted octanol–water partition coefficient (Wildman–Crippen LogP) is 5.53. The van der Waals surface area contributed by atoms with Gasteiger partial charge in [-0.1, -0.05) is 59.3 Å². The standard InChI is InChI=1S/C14H27F3O3S.CHF3O3S.H2S/c1-13(2,3)11-9-7-5-4-6-8-10-12-20-21(18,19)14(15,16)17;2-1(3,4)8(5,6)7;/h4-12H2,1-3H3;(H,5,6,7);1H2. The van der Waals surface area contributed by atoms with Crippen LogP contribution in [0.4, 0.5) is 26.3 Å². The summed E-state index contributed by atoms with van der Waals surface area (Å²) < 4.78 is 119. The van der Waals surface area contributed by atoms with Gasteiger partial charge in [0.15, 0.2) is 0 Å². The lowest BCUT2D eigenvalue weighted by Crippen LogP contribution is -2.25. The lowest BCUT2D eigenvalue weighted by atomic mass is 9.89. The molecule has 0 saturated heterocycles. The van der Waals surface area contributed by atoms with Crippen LogP contribution in [-0.2, 0) is 24.4 Å². The summed E-state index contributed by atoms with van der Waals surface area (Å²) in [5, 5.41) is 0. The summed E-state index contributed by atoms with van der Waals surface area (Å²) in [5.74, 6) is 0. The molecule has 0 radical (unpaired) electrons. The minimum Gasteiger partial charge on any atom is -0.279 e. The first kappa shape index (κ1) is 34.4. The first-order chi connectivity index (χ1) is 12.7. The molecule has 0 aromatic carbocycles. The van der Waals surface area contributed by atoms with Crippen LogP contribution in [0.3, 0.4) is 0 Å². The van der Waals surface area contributed by atoms with Crippen molar-refractivity contribution in [2.45, 2.75) is 83.2 Å². The van der Waals surface area contributed by atoms with Crippen molar-refractivity contribution < 1.29 is 51.9 Å². The summed E-state index contributed by atoms with van der Waals surface area (Å²) in [6.45, 7) is 6.23. The fourth-order valence-corrected chi connectivity index (χ4v) is 2.35. The van der Waals surface area contributed by atoms with Gasteiger partial charge in [-0.05, 0) is 18.3 Å². The van der Waals surface area contributed by atoms with E-state index in [2.05, 4.69) is 25.0 Å². The monoisotopic (exact) mass is 516 g/mol. The van der Waals surface area contributed by atoms with Crippen molar-refractivity contribution in [1.82, 2.24) is 0 Å². The molecule has 0 aliphatic carbocycles. The minimum atomic E-state index is -5.84. The molecular formula is C15H30F6O6S3. The Labute approximate surface area is 181 Å². The van der Waals surface area contributed by atoms with E-state index in [0.29, 0.717) is 18.3 Å². The summed E-state index contributed by atoms with van der Waals surface area (Å²) in [7, 11) is -11.3. The van der Waals surface area contributed by atoms with Crippen LogP contribution in [0.2, 0.25) is 0 Å². The molecule has 30 heavy (non-hydrogen) atoms. The lowest BCUT2D eigenvalue weighted by Gasteiger charge is -2.17. The zero-order valence-electron chi connectivity index (χ0n) is 16.9. The lowest BCUT2D eigenvalue weighted by molar-refractivity contribution is -0.0543. The molecule has 0 atom stereocenters. The second kappa shape index (κ2) is 14.0. The maximum atomic E-state index is 12.0. The first-order valence-corrected chi connectivity index (χ1v) is 11.5. The Morgan fingerprint density at radius 2 is 1.03 bits per heavy atom. The van der Waals surface area contributed by atoms with Crippen LogP contribution in [0.15, 0.2) is 0 Å². The van der Waals surface area contributed by atoms with E-state index in [4.69, 9.17) is 13.0 Å². The highest BCUT2D eigenvalue weighted by Crippen LogP contribution is 2.25. The number of hydrogen-bond donors (Lipinski definition) is 1. The van der Waals surface area contributed by atoms with Gasteiger partial charge in [0.05, 0.1) is 6.61 Å². The molecule has 0 aromatic heterocycles. The van der Waals surface area contributed by atoms with E-state index in [-0.39, 0.29) is 13.5 Å². The number of unbranched alkanes of at least 4 members (excludes halogenated alkanes) is 6.